The van der Waals surface area contributed by atoms with Gasteiger partial charge in [0, 0.05) is 13.0 Å². The Hall–Kier alpha value is -2.17. The summed E-state index contributed by atoms with van der Waals surface area (Å²) in [4.78, 5) is 12.1. The molecule has 0 aliphatic rings. The van der Waals surface area contributed by atoms with Crippen molar-refractivity contribution in [1.29, 1.82) is 0 Å². The molecule has 0 aromatic rings. The summed E-state index contributed by atoms with van der Waals surface area (Å²) >= 11 is 0. The van der Waals surface area contributed by atoms with E-state index in [0.717, 1.165) is 64.2 Å². The predicted octanol–water partition coefficient (Wildman–Crippen LogP) is 11.5. The lowest BCUT2D eigenvalue weighted by atomic mass is 10.0. The summed E-state index contributed by atoms with van der Waals surface area (Å²) in [6, 6.07) is 0. The van der Waals surface area contributed by atoms with Crippen molar-refractivity contribution in [2.45, 2.75) is 155 Å². The quantitative estimate of drug-likeness (QED) is 0.0466. The van der Waals surface area contributed by atoms with E-state index in [0.29, 0.717) is 13.0 Å². The van der Waals surface area contributed by atoms with Crippen LogP contribution in [0, 0.1) is 0 Å². The van der Waals surface area contributed by atoms with Crippen LogP contribution in [0.2, 0.25) is 0 Å². The van der Waals surface area contributed by atoms with Gasteiger partial charge in [0.05, 0.1) is 13.2 Å². The first-order valence-electron chi connectivity index (χ1n) is 18.0. The fraction of sp³-hybridized carbons (Fsp3) is 0.675. The predicted molar refractivity (Wildman–Crippen MR) is 191 cm³/mol. The van der Waals surface area contributed by atoms with Crippen LogP contribution in [-0.2, 0) is 14.3 Å². The molecule has 0 saturated carbocycles. The molecule has 4 heteroatoms. The Morgan fingerprint density at radius 3 is 1.45 bits per heavy atom. The van der Waals surface area contributed by atoms with Crippen molar-refractivity contribution in [1.82, 2.24) is 0 Å². The molecule has 44 heavy (non-hydrogen) atoms. The lowest BCUT2D eigenvalue weighted by Crippen LogP contribution is -2.27. The zero-order chi connectivity index (χ0) is 32.0. The molecule has 0 aromatic carbocycles. The number of aliphatic hydroxyl groups is 1. The maximum Gasteiger partial charge on any atom is 0.306 e. The first-order chi connectivity index (χ1) is 21.7. The number of ether oxygens (including phenoxy) is 2. The summed E-state index contributed by atoms with van der Waals surface area (Å²) in [5.74, 6) is -0.224. The molecule has 1 atom stereocenters. The van der Waals surface area contributed by atoms with Crippen LogP contribution in [0.4, 0.5) is 0 Å². The number of rotatable bonds is 32. The smallest absolute Gasteiger partial charge is 0.306 e. The van der Waals surface area contributed by atoms with E-state index in [-0.39, 0.29) is 19.2 Å². The van der Waals surface area contributed by atoms with Gasteiger partial charge in [-0.05, 0) is 57.8 Å². The molecule has 0 aliphatic heterocycles. The summed E-state index contributed by atoms with van der Waals surface area (Å²) < 4.78 is 11.0. The molecule has 0 aliphatic carbocycles. The highest BCUT2D eigenvalue weighted by atomic mass is 16.6. The van der Waals surface area contributed by atoms with E-state index < -0.39 is 6.10 Å². The second-order valence-corrected chi connectivity index (χ2v) is 11.6. The van der Waals surface area contributed by atoms with Crippen molar-refractivity contribution in [2.75, 3.05) is 19.8 Å². The Morgan fingerprint density at radius 1 is 0.568 bits per heavy atom. The molecule has 0 radical (unpaired) electrons. The van der Waals surface area contributed by atoms with E-state index in [4.69, 9.17) is 9.47 Å². The Bertz CT molecular complexity index is 774. The van der Waals surface area contributed by atoms with Crippen LogP contribution in [0.25, 0.3) is 0 Å². The molecule has 0 saturated heterocycles. The van der Waals surface area contributed by atoms with Gasteiger partial charge in [0.15, 0.2) is 0 Å². The van der Waals surface area contributed by atoms with Gasteiger partial charge < -0.3 is 14.6 Å². The van der Waals surface area contributed by atoms with Gasteiger partial charge in [-0.15, -0.1) is 0 Å². The Balaban J connectivity index is 3.61. The van der Waals surface area contributed by atoms with E-state index in [1.807, 2.05) is 0 Å². The van der Waals surface area contributed by atoms with E-state index in [9.17, 15) is 9.90 Å². The standard InChI is InChI=1S/C40H68O4/c1-3-5-7-9-11-13-15-17-18-19-20-21-22-23-24-26-28-30-32-34-36-43-38-39(37-41)44-40(42)35-33-31-29-27-25-16-14-12-10-8-6-4-2/h5,7,11,13,17-18,20-21,23-24,28,30,39,41H,3-4,6,8-10,12,14-16,19,22,25-27,29,31-38H2,1-2H3/b7-5-,13-11-,18-17-,21-20-,24-23-,30-28-. The van der Waals surface area contributed by atoms with Crippen molar-refractivity contribution in [3.8, 4) is 0 Å². The Kier molecular flexibility index (Phi) is 35.2. The average Bonchev–Trinajstić information content (AvgIpc) is 3.03. The fourth-order valence-electron chi connectivity index (χ4n) is 4.64. The fourth-order valence-corrected chi connectivity index (χ4v) is 4.64. The van der Waals surface area contributed by atoms with Gasteiger partial charge in [-0.1, -0.05) is 157 Å². The monoisotopic (exact) mass is 613 g/mol. The van der Waals surface area contributed by atoms with Crippen molar-refractivity contribution in [2.24, 2.45) is 0 Å². The summed E-state index contributed by atoms with van der Waals surface area (Å²) in [5, 5.41) is 9.53. The number of hydrogen-bond donors (Lipinski definition) is 1. The van der Waals surface area contributed by atoms with Gasteiger partial charge in [0.1, 0.15) is 6.10 Å². The molecule has 0 heterocycles. The van der Waals surface area contributed by atoms with Crippen LogP contribution in [0.15, 0.2) is 72.9 Å². The SMILES string of the molecule is CC/C=C\C/C=C\C/C=C\C/C=C\C/C=C\C/C=C\CCCOCC(CO)OC(=O)CCCCCCCCCCCCCC. The van der Waals surface area contributed by atoms with Crippen LogP contribution in [-0.4, -0.2) is 37.0 Å². The summed E-state index contributed by atoms with van der Waals surface area (Å²) in [6.45, 7) is 5.07. The number of unbranched alkanes of at least 4 members (excludes halogenated alkanes) is 12. The molecule has 0 amide bonds. The van der Waals surface area contributed by atoms with Crippen LogP contribution in [0.1, 0.15) is 149 Å². The van der Waals surface area contributed by atoms with Gasteiger partial charge >= 0.3 is 5.97 Å². The third-order valence-electron chi connectivity index (χ3n) is 7.30. The molecule has 1 unspecified atom stereocenters. The maximum absolute atomic E-state index is 12.1. The number of allylic oxidation sites excluding steroid dienone is 12. The highest BCUT2D eigenvalue weighted by molar-refractivity contribution is 5.69. The highest BCUT2D eigenvalue weighted by Gasteiger charge is 2.13. The molecule has 0 rings (SSSR count). The summed E-state index contributed by atoms with van der Waals surface area (Å²) in [5.41, 5.74) is 0. The third kappa shape index (κ3) is 34.3. The molecule has 1 N–H and O–H groups in total. The summed E-state index contributed by atoms with van der Waals surface area (Å²) in [7, 11) is 0. The lowest BCUT2D eigenvalue weighted by Gasteiger charge is -2.15. The van der Waals surface area contributed by atoms with E-state index in [1.54, 1.807) is 0 Å². The number of carbonyl (C=O) groups is 1. The second-order valence-electron chi connectivity index (χ2n) is 11.6. The van der Waals surface area contributed by atoms with Crippen LogP contribution >= 0.6 is 0 Å². The third-order valence-corrected chi connectivity index (χ3v) is 7.30. The minimum absolute atomic E-state index is 0.197. The maximum atomic E-state index is 12.1. The van der Waals surface area contributed by atoms with Crippen LogP contribution in [0.3, 0.4) is 0 Å². The number of esters is 1. The van der Waals surface area contributed by atoms with Crippen molar-refractivity contribution >= 4 is 5.97 Å². The first-order valence-corrected chi connectivity index (χ1v) is 18.0. The topological polar surface area (TPSA) is 55.8 Å². The van der Waals surface area contributed by atoms with Crippen LogP contribution < -0.4 is 0 Å². The van der Waals surface area contributed by atoms with Crippen molar-refractivity contribution in [3.63, 3.8) is 0 Å². The summed E-state index contributed by atoms with van der Waals surface area (Å²) in [6.07, 6.45) is 49.5. The van der Waals surface area contributed by atoms with Gasteiger partial charge in [-0.25, -0.2) is 0 Å². The largest absolute Gasteiger partial charge is 0.457 e. The Labute approximate surface area is 272 Å². The van der Waals surface area contributed by atoms with Gasteiger partial charge in [0.2, 0.25) is 0 Å². The highest BCUT2D eigenvalue weighted by Crippen LogP contribution is 2.13. The van der Waals surface area contributed by atoms with Crippen LogP contribution in [0.5, 0.6) is 0 Å². The van der Waals surface area contributed by atoms with E-state index >= 15 is 0 Å². The average molecular weight is 613 g/mol. The number of hydrogen-bond acceptors (Lipinski definition) is 4. The number of aliphatic hydroxyl groups excluding tert-OH is 1. The minimum Gasteiger partial charge on any atom is -0.457 e. The molecule has 0 spiro atoms. The second kappa shape index (κ2) is 37.0. The van der Waals surface area contributed by atoms with E-state index in [1.165, 1.54) is 64.2 Å². The molecule has 4 nitrogen and oxygen atoms in total. The molecule has 0 fully saturated rings. The molecular formula is C40H68O4. The molecule has 0 aromatic heterocycles. The Morgan fingerprint density at radius 2 is 1.00 bits per heavy atom. The molecular weight excluding hydrogens is 544 g/mol. The zero-order valence-electron chi connectivity index (χ0n) is 28.6. The normalized spacial score (nSPS) is 13.2. The first kappa shape index (κ1) is 41.8. The lowest BCUT2D eigenvalue weighted by molar-refractivity contribution is -0.154. The number of carbonyl (C=O) groups excluding carboxylic acids is 1. The minimum atomic E-state index is -0.564. The molecule has 0 bridgehead atoms. The van der Waals surface area contributed by atoms with E-state index in [2.05, 4.69) is 86.8 Å². The van der Waals surface area contributed by atoms with Gasteiger partial charge in [-0.3, -0.25) is 4.79 Å². The van der Waals surface area contributed by atoms with Crippen molar-refractivity contribution in [3.05, 3.63) is 72.9 Å². The van der Waals surface area contributed by atoms with Gasteiger partial charge in [0.25, 0.3) is 0 Å². The zero-order valence-corrected chi connectivity index (χ0v) is 28.6. The molecule has 252 valence electrons. The van der Waals surface area contributed by atoms with Gasteiger partial charge in [-0.2, -0.15) is 0 Å². The van der Waals surface area contributed by atoms with Crippen molar-refractivity contribution < 1.29 is 19.4 Å².